The molecule has 100 valence electrons. The number of hydrogen-bond acceptors (Lipinski definition) is 4. The van der Waals surface area contributed by atoms with E-state index in [1.165, 1.54) is 5.56 Å². The van der Waals surface area contributed by atoms with Gasteiger partial charge < -0.3 is 10.1 Å². The Hall–Kier alpha value is -1.88. The van der Waals surface area contributed by atoms with Crippen LogP contribution in [0.5, 0.6) is 5.75 Å². The van der Waals surface area contributed by atoms with Crippen LogP contribution >= 0.6 is 0 Å². The molecule has 0 aliphatic carbocycles. The molecule has 1 aliphatic heterocycles. The Morgan fingerprint density at radius 1 is 1.47 bits per heavy atom. The van der Waals surface area contributed by atoms with Crippen molar-refractivity contribution in [1.29, 1.82) is 0 Å². The van der Waals surface area contributed by atoms with Gasteiger partial charge in [0.25, 0.3) is 0 Å². The van der Waals surface area contributed by atoms with Gasteiger partial charge in [-0.25, -0.2) is 0 Å². The van der Waals surface area contributed by atoms with Crippen molar-refractivity contribution in [2.24, 2.45) is 0 Å². The van der Waals surface area contributed by atoms with E-state index in [4.69, 9.17) is 4.74 Å². The van der Waals surface area contributed by atoms with Crippen molar-refractivity contribution in [1.82, 2.24) is 20.7 Å². The zero-order valence-electron chi connectivity index (χ0n) is 11.0. The molecule has 19 heavy (non-hydrogen) atoms. The number of ether oxygens (including phenoxy) is 1. The minimum atomic E-state index is 0.0340. The summed E-state index contributed by atoms with van der Waals surface area (Å²) in [5, 5.41) is 14.3. The van der Waals surface area contributed by atoms with Gasteiger partial charge in [-0.15, -0.1) is 0 Å². The van der Waals surface area contributed by atoms with Crippen molar-refractivity contribution >= 4 is 0 Å². The van der Waals surface area contributed by atoms with E-state index in [1.807, 2.05) is 0 Å². The topological polar surface area (TPSA) is 62.8 Å². The van der Waals surface area contributed by atoms with E-state index in [9.17, 15) is 0 Å². The van der Waals surface area contributed by atoms with Crippen LogP contribution in [0.1, 0.15) is 36.2 Å². The molecule has 2 heterocycles. The first-order chi connectivity index (χ1) is 9.40. The third-order valence-electron chi connectivity index (χ3n) is 3.38. The van der Waals surface area contributed by atoms with Gasteiger partial charge in [-0.1, -0.05) is 25.1 Å². The summed E-state index contributed by atoms with van der Waals surface area (Å²) in [6, 6.07) is 6.35. The minimum absolute atomic E-state index is 0.0340. The van der Waals surface area contributed by atoms with Gasteiger partial charge in [-0.05, 0) is 18.5 Å². The van der Waals surface area contributed by atoms with E-state index < -0.39 is 0 Å². The molecule has 0 radical (unpaired) electrons. The van der Waals surface area contributed by atoms with Crippen LogP contribution in [0.15, 0.2) is 24.4 Å². The molecule has 1 unspecified atom stereocenters. The van der Waals surface area contributed by atoms with Crippen molar-refractivity contribution in [2.45, 2.75) is 25.8 Å². The molecular weight excluding hydrogens is 240 g/mol. The molecule has 0 fully saturated rings. The highest BCUT2D eigenvalue weighted by molar-refractivity contribution is 5.47. The highest BCUT2D eigenvalue weighted by Gasteiger charge is 2.24. The first-order valence-corrected chi connectivity index (χ1v) is 6.73. The number of benzene rings is 1. The summed E-state index contributed by atoms with van der Waals surface area (Å²) >= 11 is 0. The zero-order chi connectivity index (χ0) is 13.1. The maximum atomic E-state index is 5.79. The fourth-order valence-corrected chi connectivity index (χ4v) is 2.48. The van der Waals surface area contributed by atoms with Crippen LogP contribution in [0.3, 0.4) is 0 Å². The fourth-order valence-electron chi connectivity index (χ4n) is 2.48. The number of rotatable bonds is 5. The SMILES string of the molecule is CCCNC(c1cn[nH]n1)c1cccc2c1OCC2. The zero-order valence-corrected chi connectivity index (χ0v) is 11.0. The van der Waals surface area contributed by atoms with E-state index in [0.717, 1.165) is 43.0 Å². The number of H-pyrrole nitrogens is 1. The number of hydrogen-bond donors (Lipinski definition) is 2. The lowest BCUT2D eigenvalue weighted by molar-refractivity contribution is 0.350. The molecule has 5 heteroatoms. The number of para-hydroxylation sites is 1. The van der Waals surface area contributed by atoms with Crippen LogP contribution in [0.4, 0.5) is 0 Å². The van der Waals surface area contributed by atoms with Gasteiger partial charge in [0.1, 0.15) is 11.4 Å². The molecule has 1 atom stereocenters. The highest BCUT2D eigenvalue weighted by atomic mass is 16.5. The van der Waals surface area contributed by atoms with Crippen molar-refractivity contribution in [2.75, 3.05) is 13.2 Å². The number of aromatic amines is 1. The van der Waals surface area contributed by atoms with Gasteiger partial charge in [0.15, 0.2) is 0 Å². The number of aromatic nitrogens is 3. The van der Waals surface area contributed by atoms with Crippen LogP contribution in [0, 0.1) is 0 Å². The largest absolute Gasteiger partial charge is 0.493 e. The van der Waals surface area contributed by atoms with Crippen LogP contribution < -0.4 is 10.1 Å². The lowest BCUT2D eigenvalue weighted by Crippen LogP contribution is -2.24. The molecular formula is C14H18N4O. The normalized spacial score (nSPS) is 15.0. The molecule has 0 saturated carbocycles. The summed E-state index contributed by atoms with van der Waals surface area (Å²) in [6.07, 6.45) is 3.83. The summed E-state index contributed by atoms with van der Waals surface area (Å²) < 4.78 is 5.79. The lowest BCUT2D eigenvalue weighted by Gasteiger charge is -2.19. The average molecular weight is 258 g/mol. The van der Waals surface area contributed by atoms with E-state index in [2.05, 4.69) is 45.9 Å². The van der Waals surface area contributed by atoms with Crippen LogP contribution in [0.2, 0.25) is 0 Å². The molecule has 0 spiro atoms. The highest BCUT2D eigenvalue weighted by Crippen LogP contribution is 2.35. The first-order valence-electron chi connectivity index (χ1n) is 6.73. The Bertz CT molecular complexity index is 538. The Kier molecular flexibility index (Phi) is 3.46. The van der Waals surface area contributed by atoms with Crippen LogP contribution in [-0.4, -0.2) is 28.6 Å². The predicted molar refractivity (Wildman–Crippen MR) is 72.2 cm³/mol. The van der Waals surface area contributed by atoms with Crippen molar-refractivity contribution in [3.8, 4) is 5.75 Å². The van der Waals surface area contributed by atoms with Gasteiger partial charge in [0.05, 0.1) is 18.8 Å². The van der Waals surface area contributed by atoms with E-state index in [-0.39, 0.29) is 6.04 Å². The molecule has 1 aliphatic rings. The fraction of sp³-hybridized carbons (Fsp3) is 0.429. The summed E-state index contributed by atoms with van der Waals surface area (Å²) in [7, 11) is 0. The maximum absolute atomic E-state index is 5.79. The van der Waals surface area contributed by atoms with Gasteiger partial charge in [-0.3, -0.25) is 0 Å². The Labute approximate surface area is 112 Å². The second kappa shape index (κ2) is 5.40. The second-order valence-corrected chi connectivity index (χ2v) is 4.72. The Morgan fingerprint density at radius 2 is 2.42 bits per heavy atom. The van der Waals surface area contributed by atoms with Crippen molar-refractivity contribution < 1.29 is 4.74 Å². The molecule has 0 bridgehead atoms. The summed E-state index contributed by atoms with van der Waals surface area (Å²) in [4.78, 5) is 0. The third kappa shape index (κ3) is 2.33. The monoisotopic (exact) mass is 258 g/mol. The summed E-state index contributed by atoms with van der Waals surface area (Å²) in [6.45, 7) is 3.85. The number of nitrogens with one attached hydrogen (secondary N) is 2. The number of nitrogens with zero attached hydrogens (tertiary/aromatic N) is 2. The van der Waals surface area contributed by atoms with Crippen LogP contribution in [0.25, 0.3) is 0 Å². The molecule has 1 aromatic carbocycles. The standard InChI is InChI=1S/C14H18N4O/c1-2-7-15-13(12-9-16-18-17-12)11-5-3-4-10-6-8-19-14(10)11/h3-5,9,13,15H,2,6-8H2,1H3,(H,16,17,18). The van der Waals surface area contributed by atoms with Gasteiger partial charge in [0.2, 0.25) is 0 Å². The predicted octanol–water partition coefficient (Wildman–Crippen LogP) is 1.83. The molecule has 1 aromatic heterocycles. The summed E-state index contributed by atoms with van der Waals surface area (Å²) in [5.41, 5.74) is 3.33. The Morgan fingerprint density at radius 3 is 3.21 bits per heavy atom. The molecule has 2 aromatic rings. The van der Waals surface area contributed by atoms with Crippen molar-refractivity contribution in [3.63, 3.8) is 0 Å². The van der Waals surface area contributed by atoms with Crippen LogP contribution in [-0.2, 0) is 6.42 Å². The maximum Gasteiger partial charge on any atom is 0.127 e. The number of fused-ring (bicyclic) bond motifs is 1. The molecule has 2 N–H and O–H groups in total. The van der Waals surface area contributed by atoms with Gasteiger partial charge >= 0.3 is 0 Å². The van der Waals surface area contributed by atoms with E-state index in [0.29, 0.717) is 0 Å². The first kappa shape index (κ1) is 12.2. The smallest absolute Gasteiger partial charge is 0.127 e. The minimum Gasteiger partial charge on any atom is -0.493 e. The van der Waals surface area contributed by atoms with E-state index >= 15 is 0 Å². The molecule has 0 saturated heterocycles. The summed E-state index contributed by atoms with van der Waals surface area (Å²) in [5.74, 6) is 1.01. The lowest BCUT2D eigenvalue weighted by atomic mass is 9.99. The third-order valence-corrected chi connectivity index (χ3v) is 3.38. The molecule has 3 rings (SSSR count). The van der Waals surface area contributed by atoms with Gasteiger partial charge in [0, 0.05) is 12.0 Å². The van der Waals surface area contributed by atoms with Gasteiger partial charge in [-0.2, -0.15) is 15.4 Å². The average Bonchev–Trinajstić information content (AvgIpc) is 3.10. The van der Waals surface area contributed by atoms with Crippen molar-refractivity contribution in [3.05, 3.63) is 41.2 Å². The quantitative estimate of drug-likeness (QED) is 0.859. The molecule has 0 amide bonds. The molecule has 5 nitrogen and oxygen atoms in total. The second-order valence-electron chi connectivity index (χ2n) is 4.72. The Balaban J connectivity index is 1.98. The van der Waals surface area contributed by atoms with E-state index in [1.54, 1.807) is 6.20 Å².